The second-order valence-corrected chi connectivity index (χ2v) is 6.47. The van der Waals surface area contributed by atoms with Crippen molar-refractivity contribution in [2.75, 3.05) is 5.32 Å². The highest BCUT2D eigenvalue weighted by molar-refractivity contribution is 9.10. The maximum Gasteiger partial charge on any atom is 0.439 e. The van der Waals surface area contributed by atoms with Gasteiger partial charge < -0.3 is 9.84 Å². The number of hydrogen-bond donors (Lipinski definition) is 2. The molecule has 2 heterocycles. The van der Waals surface area contributed by atoms with Crippen LogP contribution in [0.2, 0.25) is 0 Å². The maximum absolute atomic E-state index is 12.7. The first-order valence-corrected chi connectivity index (χ1v) is 8.43. The fourth-order valence-electron chi connectivity index (χ4n) is 2.55. The van der Waals surface area contributed by atoms with E-state index in [1.165, 1.54) is 18.2 Å². The number of nitrogens with zero attached hydrogens (tertiary/aromatic N) is 3. The summed E-state index contributed by atoms with van der Waals surface area (Å²) in [6, 6.07) is 8.69. The summed E-state index contributed by atoms with van der Waals surface area (Å²) in [5, 5.41) is 21.1. The molecule has 1 amide bonds. The number of aromatic nitrogens is 3. The van der Waals surface area contributed by atoms with Crippen LogP contribution in [0.5, 0.6) is 0 Å². The number of amides is 1. The standard InChI is InChI=1S/C16H8BrN5O6/c17-7-1-3-11(9(5-7)14-19-16(24)28-21-14)18-15(23)13-10-6-8(22(25)26)2-4-12(10)27-20-13/h1-6H,(H,18,23)(H,19,21,24). The predicted octanol–water partition coefficient (Wildman–Crippen LogP) is 3.09. The van der Waals surface area contributed by atoms with Crippen molar-refractivity contribution in [3.8, 4) is 11.4 Å². The van der Waals surface area contributed by atoms with E-state index < -0.39 is 16.6 Å². The molecule has 0 fully saturated rings. The molecule has 0 bridgehead atoms. The zero-order valence-electron chi connectivity index (χ0n) is 13.6. The van der Waals surface area contributed by atoms with E-state index in [4.69, 9.17) is 4.52 Å². The Bertz CT molecular complexity index is 1290. The van der Waals surface area contributed by atoms with Crippen LogP contribution in [0.1, 0.15) is 10.5 Å². The van der Waals surface area contributed by atoms with Crippen LogP contribution in [0.15, 0.2) is 54.7 Å². The third-order valence-electron chi connectivity index (χ3n) is 3.80. The van der Waals surface area contributed by atoms with E-state index in [9.17, 15) is 19.7 Å². The molecule has 2 N–H and O–H groups in total. The first kappa shape index (κ1) is 17.6. The second kappa shape index (κ2) is 6.74. The Hall–Kier alpha value is -3.80. The zero-order valence-corrected chi connectivity index (χ0v) is 15.2. The van der Waals surface area contributed by atoms with Crippen LogP contribution in [0.4, 0.5) is 11.4 Å². The molecule has 0 aliphatic rings. The molecule has 2 aromatic heterocycles. The van der Waals surface area contributed by atoms with E-state index in [0.29, 0.717) is 15.7 Å². The number of nitro groups is 1. The average molecular weight is 446 g/mol. The molecule has 4 rings (SSSR count). The molecule has 2 aromatic carbocycles. The van der Waals surface area contributed by atoms with Gasteiger partial charge in [-0.05, 0) is 24.3 Å². The van der Waals surface area contributed by atoms with E-state index in [1.54, 1.807) is 18.2 Å². The molecule has 12 heteroatoms. The lowest BCUT2D eigenvalue weighted by atomic mass is 10.1. The van der Waals surface area contributed by atoms with Gasteiger partial charge in [0, 0.05) is 22.2 Å². The van der Waals surface area contributed by atoms with Crippen LogP contribution in [0, 0.1) is 10.1 Å². The number of H-pyrrole nitrogens is 1. The third kappa shape index (κ3) is 3.16. The number of fused-ring (bicyclic) bond motifs is 1. The van der Waals surface area contributed by atoms with Gasteiger partial charge in [-0.2, -0.15) is 0 Å². The molecule has 0 unspecified atom stereocenters. The lowest BCUT2D eigenvalue weighted by molar-refractivity contribution is -0.384. The van der Waals surface area contributed by atoms with Crippen molar-refractivity contribution in [1.29, 1.82) is 0 Å². The van der Waals surface area contributed by atoms with Gasteiger partial charge in [-0.25, -0.2) is 4.79 Å². The molecule has 4 aromatic rings. The fraction of sp³-hybridized carbons (Fsp3) is 0. The fourth-order valence-corrected chi connectivity index (χ4v) is 2.91. The number of rotatable bonds is 4. The summed E-state index contributed by atoms with van der Waals surface area (Å²) in [5.74, 6) is -1.29. The Kier molecular flexibility index (Phi) is 4.24. The highest BCUT2D eigenvalue weighted by atomic mass is 79.9. The second-order valence-electron chi connectivity index (χ2n) is 5.56. The van der Waals surface area contributed by atoms with Crippen LogP contribution in [-0.2, 0) is 0 Å². The van der Waals surface area contributed by atoms with Crippen molar-refractivity contribution in [3.63, 3.8) is 0 Å². The Balaban J connectivity index is 1.73. The molecule has 0 spiro atoms. The van der Waals surface area contributed by atoms with Gasteiger partial charge in [0.25, 0.3) is 11.6 Å². The largest absolute Gasteiger partial charge is 0.439 e. The summed E-state index contributed by atoms with van der Waals surface area (Å²) < 4.78 is 10.2. The Morgan fingerprint density at radius 2 is 2.00 bits per heavy atom. The molecule has 0 saturated heterocycles. The van der Waals surface area contributed by atoms with Crippen molar-refractivity contribution >= 4 is 44.2 Å². The number of anilines is 1. The van der Waals surface area contributed by atoms with Gasteiger partial charge in [0.05, 0.1) is 16.0 Å². The molecule has 140 valence electrons. The molecule has 11 nitrogen and oxygen atoms in total. The highest BCUT2D eigenvalue weighted by Gasteiger charge is 2.21. The number of hydrogen-bond acceptors (Lipinski definition) is 8. The Labute approximate surface area is 162 Å². The molecular weight excluding hydrogens is 438 g/mol. The average Bonchev–Trinajstić information content (AvgIpc) is 3.28. The monoisotopic (exact) mass is 445 g/mol. The van der Waals surface area contributed by atoms with Crippen molar-refractivity contribution < 1.29 is 18.8 Å². The number of non-ortho nitro benzene ring substituents is 1. The Morgan fingerprint density at radius 3 is 2.71 bits per heavy atom. The van der Waals surface area contributed by atoms with E-state index in [1.807, 2.05) is 0 Å². The lowest BCUT2D eigenvalue weighted by Crippen LogP contribution is -2.13. The smallest absolute Gasteiger partial charge is 0.355 e. The lowest BCUT2D eigenvalue weighted by Gasteiger charge is -2.08. The van der Waals surface area contributed by atoms with E-state index in [0.717, 1.165) is 0 Å². The molecule has 0 radical (unpaired) electrons. The van der Waals surface area contributed by atoms with Gasteiger partial charge in [-0.1, -0.05) is 26.2 Å². The predicted molar refractivity (Wildman–Crippen MR) is 98.9 cm³/mol. The van der Waals surface area contributed by atoms with E-state index in [-0.39, 0.29) is 28.2 Å². The van der Waals surface area contributed by atoms with Gasteiger partial charge in [-0.3, -0.25) is 24.4 Å². The van der Waals surface area contributed by atoms with Gasteiger partial charge in [-0.15, -0.1) is 0 Å². The van der Waals surface area contributed by atoms with E-state index >= 15 is 0 Å². The highest BCUT2D eigenvalue weighted by Crippen LogP contribution is 2.30. The number of nitrogens with one attached hydrogen (secondary N) is 2. The normalized spacial score (nSPS) is 10.9. The maximum atomic E-state index is 12.7. The third-order valence-corrected chi connectivity index (χ3v) is 4.30. The number of carbonyl (C=O) groups is 1. The van der Waals surface area contributed by atoms with Gasteiger partial charge >= 0.3 is 5.76 Å². The van der Waals surface area contributed by atoms with Crippen molar-refractivity contribution in [2.45, 2.75) is 0 Å². The summed E-state index contributed by atoms with van der Waals surface area (Å²) >= 11 is 3.31. The summed E-state index contributed by atoms with van der Waals surface area (Å²) in [4.78, 5) is 36.8. The molecular formula is C16H8BrN5O6. The molecule has 0 aliphatic heterocycles. The SMILES string of the molecule is O=C(Nc1ccc(Br)cc1-c1noc(=O)[nH]1)c1noc2ccc([N+](=O)[O-])cc12. The Morgan fingerprint density at radius 1 is 1.18 bits per heavy atom. The summed E-state index contributed by atoms with van der Waals surface area (Å²) in [6.07, 6.45) is 0. The van der Waals surface area contributed by atoms with E-state index in [2.05, 4.69) is 41.1 Å². The minimum Gasteiger partial charge on any atom is -0.355 e. The van der Waals surface area contributed by atoms with Crippen molar-refractivity contribution in [1.82, 2.24) is 15.3 Å². The van der Waals surface area contributed by atoms with Crippen LogP contribution in [0.25, 0.3) is 22.4 Å². The number of nitro benzene ring substituents is 1. The van der Waals surface area contributed by atoms with Crippen molar-refractivity contribution in [3.05, 3.63) is 67.2 Å². The summed E-state index contributed by atoms with van der Waals surface area (Å²) in [6.45, 7) is 0. The number of benzene rings is 2. The minimum atomic E-state index is -0.748. The summed E-state index contributed by atoms with van der Waals surface area (Å²) in [5.41, 5.74) is 0.592. The molecule has 0 atom stereocenters. The number of aromatic amines is 1. The van der Waals surface area contributed by atoms with Gasteiger partial charge in [0.2, 0.25) is 0 Å². The first-order valence-electron chi connectivity index (χ1n) is 7.63. The van der Waals surface area contributed by atoms with Gasteiger partial charge in [0.15, 0.2) is 17.1 Å². The first-order chi connectivity index (χ1) is 13.4. The van der Waals surface area contributed by atoms with Crippen LogP contribution >= 0.6 is 15.9 Å². The molecule has 28 heavy (non-hydrogen) atoms. The van der Waals surface area contributed by atoms with Crippen LogP contribution in [-0.4, -0.2) is 26.1 Å². The summed E-state index contributed by atoms with van der Waals surface area (Å²) in [7, 11) is 0. The molecule has 0 aliphatic carbocycles. The number of carbonyl (C=O) groups excluding carboxylic acids is 1. The van der Waals surface area contributed by atoms with Gasteiger partial charge in [0.1, 0.15) is 0 Å². The van der Waals surface area contributed by atoms with Crippen molar-refractivity contribution in [2.24, 2.45) is 0 Å². The van der Waals surface area contributed by atoms with Crippen LogP contribution < -0.4 is 11.1 Å². The topological polar surface area (TPSA) is 157 Å². The number of halogens is 1. The quantitative estimate of drug-likeness (QED) is 0.358. The molecule has 0 saturated carbocycles. The van der Waals surface area contributed by atoms with Crippen LogP contribution in [0.3, 0.4) is 0 Å². The minimum absolute atomic E-state index is 0.113. The zero-order chi connectivity index (χ0) is 19.8.